The van der Waals surface area contributed by atoms with Gasteiger partial charge < -0.3 is 4.74 Å². The minimum atomic E-state index is -0.00281. The van der Waals surface area contributed by atoms with Gasteiger partial charge in [0.25, 0.3) is 0 Å². The Morgan fingerprint density at radius 2 is 1.16 bits per heavy atom. The Balaban J connectivity index is 3.22. The quantitative estimate of drug-likeness (QED) is 0.174. The number of ether oxygens (including phenoxy) is 1. The highest BCUT2D eigenvalue weighted by Crippen LogP contribution is 2.18. The second kappa shape index (κ2) is 19.8. The second-order valence-electron chi connectivity index (χ2n) is 7.90. The van der Waals surface area contributed by atoms with Crippen LogP contribution in [-0.4, -0.2) is 12.6 Å². The first-order valence-corrected chi connectivity index (χ1v) is 11.4. The molecule has 0 fully saturated rings. The fraction of sp³-hybridized carbons (Fsp3) is 0.957. The maximum absolute atomic E-state index is 11.5. The van der Waals surface area contributed by atoms with Crippen LogP contribution in [0.4, 0.5) is 0 Å². The molecule has 2 heteroatoms. The van der Waals surface area contributed by atoms with Gasteiger partial charge in [-0.25, -0.2) is 0 Å². The molecule has 0 saturated carbocycles. The minimum absolute atomic E-state index is 0.00281. The lowest BCUT2D eigenvalue weighted by Gasteiger charge is -2.11. The van der Waals surface area contributed by atoms with Gasteiger partial charge >= 0.3 is 5.97 Å². The molecule has 1 atom stereocenters. The maximum Gasteiger partial charge on any atom is 0.305 e. The normalized spacial score (nSPS) is 12.3. The fourth-order valence-electron chi connectivity index (χ4n) is 3.29. The van der Waals surface area contributed by atoms with Crippen LogP contribution < -0.4 is 0 Å². The van der Waals surface area contributed by atoms with Gasteiger partial charge in [-0.3, -0.25) is 4.79 Å². The van der Waals surface area contributed by atoms with Crippen LogP contribution in [0.5, 0.6) is 0 Å². The topological polar surface area (TPSA) is 26.3 Å². The van der Waals surface area contributed by atoms with Crippen molar-refractivity contribution in [2.75, 3.05) is 6.61 Å². The summed E-state index contributed by atoms with van der Waals surface area (Å²) < 4.78 is 5.17. The van der Waals surface area contributed by atoms with Gasteiger partial charge in [0.15, 0.2) is 0 Å². The van der Waals surface area contributed by atoms with Crippen LogP contribution in [0.25, 0.3) is 0 Å². The largest absolute Gasteiger partial charge is 0.466 e. The molecule has 0 bridgehead atoms. The highest BCUT2D eigenvalue weighted by atomic mass is 16.5. The van der Waals surface area contributed by atoms with Gasteiger partial charge in [-0.15, -0.1) is 0 Å². The molecule has 25 heavy (non-hydrogen) atoms. The molecule has 0 aliphatic heterocycles. The predicted molar refractivity (Wildman–Crippen MR) is 110 cm³/mol. The lowest BCUT2D eigenvalue weighted by atomic mass is 9.96. The molecule has 0 heterocycles. The summed E-state index contributed by atoms with van der Waals surface area (Å²) in [6.07, 6.45) is 21.5. The van der Waals surface area contributed by atoms with Crippen molar-refractivity contribution in [3.63, 3.8) is 0 Å². The van der Waals surface area contributed by atoms with Crippen molar-refractivity contribution < 1.29 is 9.53 Å². The molecule has 0 radical (unpaired) electrons. The second-order valence-corrected chi connectivity index (χ2v) is 7.90. The summed E-state index contributed by atoms with van der Waals surface area (Å²) in [5.41, 5.74) is 0. The van der Waals surface area contributed by atoms with Gasteiger partial charge in [-0.05, 0) is 18.8 Å². The van der Waals surface area contributed by atoms with Crippen molar-refractivity contribution in [1.82, 2.24) is 0 Å². The van der Waals surface area contributed by atoms with Gasteiger partial charge in [0.2, 0.25) is 0 Å². The highest BCUT2D eigenvalue weighted by molar-refractivity contribution is 5.69. The zero-order chi connectivity index (χ0) is 18.6. The number of esters is 1. The molecule has 2 nitrogen and oxygen atoms in total. The number of hydrogen-bond acceptors (Lipinski definition) is 2. The van der Waals surface area contributed by atoms with Crippen molar-refractivity contribution in [2.24, 2.45) is 5.92 Å². The average molecular weight is 355 g/mol. The van der Waals surface area contributed by atoms with Crippen molar-refractivity contribution in [2.45, 2.75) is 130 Å². The SMILES string of the molecule is CCCCCCCCC(C)CCCCCCCCC(=O)OCCCC. The van der Waals surface area contributed by atoms with E-state index in [1.54, 1.807) is 0 Å². The van der Waals surface area contributed by atoms with Gasteiger partial charge in [-0.2, -0.15) is 0 Å². The van der Waals surface area contributed by atoms with Crippen LogP contribution in [0.3, 0.4) is 0 Å². The van der Waals surface area contributed by atoms with Crippen LogP contribution in [0, 0.1) is 5.92 Å². The van der Waals surface area contributed by atoms with E-state index in [2.05, 4.69) is 20.8 Å². The van der Waals surface area contributed by atoms with E-state index in [9.17, 15) is 4.79 Å². The average Bonchev–Trinajstić information content (AvgIpc) is 2.60. The van der Waals surface area contributed by atoms with E-state index in [0.717, 1.165) is 25.2 Å². The van der Waals surface area contributed by atoms with Crippen molar-refractivity contribution in [3.8, 4) is 0 Å². The summed E-state index contributed by atoms with van der Waals surface area (Å²) in [5.74, 6) is 0.904. The molecule has 0 aromatic rings. The molecule has 0 N–H and O–H groups in total. The first kappa shape index (κ1) is 24.5. The number of hydrogen-bond donors (Lipinski definition) is 0. The standard InChI is InChI=1S/C23H46O2/c1-4-6-8-9-12-15-18-22(3)19-16-13-10-11-14-17-20-23(24)25-21-7-5-2/h22H,4-21H2,1-3H3. The zero-order valence-electron chi connectivity index (χ0n) is 17.6. The Kier molecular flexibility index (Phi) is 19.4. The summed E-state index contributed by atoms with van der Waals surface area (Å²) >= 11 is 0. The van der Waals surface area contributed by atoms with Crippen LogP contribution in [-0.2, 0) is 9.53 Å². The number of rotatable bonds is 19. The summed E-state index contributed by atoms with van der Waals surface area (Å²) in [6.45, 7) is 7.43. The van der Waals surface area contributed by atoms with E-state index in [0.29, 0.717) is 13.0 Å². The molecular weight excluding hydrogens is 308 g/mol. The van der Waals surface area contributed by atoms with Crippen LogP contribution in [0.15, 0.2) is 0 Å². The van der Waals surface area contributed by atoms with Crippen molar-refractivity contribution in [1.29, 1.82) is 0 Å². The molecule has 0 amide bonds. The summed E-state index contributed by atoms with van der Waals surface area (Å²) in [5, 5.41) is 0. The van der Waals surface area contributed by atoms with E-state index < -0.39 is 0 Å². The summed E-state index contributed by atoms with van der Waals surface area (Å²) in [6, 6.07) is 0. The highest BCUT2D eigenvalue weighted by Gasteiger charge is 2.03. The molecule has 0 aliphatic rings. The van der Waals surface area contributed by atoms with Crippen molar-refractivity contribution >= 4 is 5.97 Å². The van der Waals surface area contributed by atoms with E-state index in [1.165, 1.54) is 83.5 Å². The Morgan fingerprint density at radius 3 is 1.72 bits per heavy atom. The first-order chi connectivity index (χ1) is 12.2. The molecule has 1 unspecified atom stereocenters. The van der Waals surface area contributed by atoms with Gasteiger partial charge in [0.1, 0.15) is 0 Å². The molecule has 150 valence electrons. The molecule has 0 spiro atoms. The smallest absolute Gasteiger partial charge is 0.305 e. The summed E-state index contributed by atoms with van der Waals surface area (Å²) in [7, 11) is 0. The Hall–Kier alpha value is -0.530. The molecule has 0 aliphatic carbocycles. The number of carbonyl (C=O) groups is 1. The lowest BCUT2D eigenvalue weighted by molar-refractivity contribution is -0.143. The fourth-order valence-corrected chi connectivity index (χ4v) is 3.29. The first-order valence-electron chi connectivity index (χ1n) is 11.4. The molecular formula is C23H46O2. The van der Waals surface area contributed by atoms with E-state index in [1.807, 2.05) is 0 Å². The van der Waals surface area contributed by atoms with Crippen LogP contribution >= 0.6 is 0 Å². The van der Waals surface area contributed by atoms with Crippen molar-refractivity contribution in [3.05, 3.63) is 0 Å². The van der Waals surface area contributed by atoms with E-state index in [-0.39, 0.29) is 5.97 Å². The third-order valence-electron chi connectivity index (χ3n) is 5.14. The monoisotopic (exact) mass is 354 g/mol. The molecule has 0 aromatic heterocycles. The Labute approximate surface area is 158 Å². The van der Waals surface area contributed by atoms with Gasteiger partial charge in [0, 0.05) is 6.42 Å². The lowest BCUT2D eigenvalue weighted by Crippen LogP contribution is -2.05. The van der Waals surface area contributed by atoms with Gasteiger partial charge in [0.05, 0.1) is 6.61 Å². The predicted octanol–water partition coefficient (Wildman–Crippen LogP) is 7.84. The molecule has 0 saturated heterocycles. The van der Waals surface area contributed by atoms with Gasteiger partial charge in [-0.1, -0.05) is 111 Å². The van der Waals surface area contributed by atoms with Crippen LogP contribution in [0.2, 0.25) is 0 Å². The number of carbonyl (C=O) groups excluding carboxylic acids is 1. The molecule has 0 aromatic carbocycles. The molecule has 0 rings (SSSR count). The number of unbranched alkanes of at least 4 members (excludes halogenated alkanes) is 11. The van der Waals surface area contributed by atoms with E-state index in [4.69, 9.17) is 4.74 Å². The van der Waals surface area contributed by atoms with E-state index >= 15 is 0 Å². The van der Waals surface area contributed by atoms with Crippen LogP contribution in [0.1, 0.15) is 130 Å². The Morgan fingerprint density at radius 1 is 0.680 bits per heavy atom. The third kappa shape index (κ3) is 19.6. The Bertz CT molecular complexity index is 275. The minimum Gasteiger partial charge on any atom is -0.466 e. The zero-order valence-corrected chi connectivity index (χ0v) is 17.6. The summed E-state index contributed by atoms with van der Waals surface area (Å²) in [4.78, 5) is 11.5. The third-order valence-corrected chi connectivity index (χ3v) is 5.14. The maximum atomic E-state index is 11.5.